The zero-order chi connectivity index (χ0) is 24.4. The highest BCUT2D eigenvalue weighted by Crippen LogP contribution is 2.37. The first-order valence-corrected chi connectivity index (χ1v) is 10.7. The molecule has 0 atom stereocenters. The molecule has 33 heavy (non-hydrogen) atoms. The Morgan fingerprint density at radius 1 is 0.788 bits per heavy atom. The van der Waals surface area contributed by atoms with Gasteiger partial charge in [-0.25, -0.2) is 8.42 Å². The third-order valence-corrected chi connectivity index (χ3v) is 5.91. The van der Waals surface area contributed by atoms with E-state index >= 15 is 0 Å². The molecular formula is C21H16F6N2O3S. The van der Waals surface area contributed by atoms with Crippen molar-refractivity contribution >= 4 is 21.4 Å². The van der Waals surface area contributed by atoms with Crippen LogP contribution in [0, 0.1) is 0 Å². The molecule has 0 aromatic heterocycles. The van der Waals surface area contributed by atoms with Crippen LogP contribution in [0.3, 0.4) is 0 Å². The first kappa shape index (κ1) is 24.2. The van der Waals surface area contributed by atoms with E-state index < -0.39 is 39.3 Å². The lowest BCUT2D eigenvalue weighted by Crippen LogP contribution is -2.14. The zero-order valence-corrected chi connectivity index (χ0v) is 17.3. The van der Waals surface area contributed by atoms with Crippen LogP contribution in [0.15, 0.2) is 71.6 Å². The van der Waals surface area contributed by atoms with Crippen LogP contribution in [-0.4, -0.2) is 13.5 Å². The predicted molar refractivity (Wildman–Crippen MR) is 109 cm³/mol. The van der Waals surface area contributed by atoms with Gasteiger partial charge in [0.2, 0.25) is 0 Å². The summed E-state index contributed by atoms with van der Waals surface area (Å²) in [6.07, 6.45) is -9.36. The van der Waals surface area contributed by atoms with Gasteiger partial charge in [0, 0.05) is 23.5 Å². The van der Waals surface area contributed by atoms with Crippen LogP contribution >= 0.6 is 0 Å². The van der Waals surface area contributed by atoms with Crippen LogP contribution in [0.4, 0.5) is 37.7 Å². The number of anilines is 2. The van der Waals surface area contributed by atoms with E-state index in [2.05, 4.69) is 10.0 Å². The topological polar surface area (TPSA) is 78.4 Å². The smallest absolute Gasteiger partial charge is 0.419 e. The first-order chi connectivity index (χ1) is 15.3. The number of phenolic OH excluding ortho intramolecular Hbond substituents is 1. The fourth-order valence-corrected chi connectivity index (χ4v) is 3.93. The summed E-state index contributed by atoms with van der Waals surface area (Å²) in [4.78, 5) is -0.243. The van der Waals surface area contributed by atoms with Crippen molar-refractivity contribution in [3.8, 4) is 5.75 Å². The third-order valence-electron chi connectivity index (χ3n) is 4.51. The van der Waals surface area contributed by atoms with Gasteiger partial charge in [-0.3, -0.25) is 4.72 Å². The molecule has 0 saturated carbocycles. The molecule has 0 aliphatic heterocycles. The molecule has 0 unspecified atom stereocenters. The highest BCUT2D eigenvalue weighted by Gasteiger charge is 2.34. The average molecular weight is 490 g/mol. The molecule has 0 bridgehead atoms. The van der Waals surface area contributed by atoms with Crippen LogP contribution in [0.5, 0.6) is 5.75 Å². The number of para-hydroxylation sites is 1. The Bertz CT molecular complexity index is 1240. The molecule has 3 aromatic rings. The highest BCUT2D eigenvalue weighted by molar-refractivity contribution is 7.92. The lowest BCUT2D eigenvalue weighted by molar-refractivity contribution is -0.139. The molecule has 176 valence electrons. The number of nitrogens with one attached hydrogen (secondary N) is 2. The van der Waals surface area contributed by atoms with Crippen molar-refractivity contribution in [3.63, 3.8) is 0 Å². The van der Waals surface area contributed by atoms with Crippen LogP contribution in [-0.2, 0) is 28.9 Å². The average Bonchev–Trinajstić information content (AvgIpc) is 2.72. The van der Waals surface area contributed by atoms with E-state index in [1.807, 2.05) is 0 Å². The lowest BCUT2D eigenvalue weighted by atomic mass is 10.1. The number of alkyl halides is 6. The monoisotopic (exact) mass is 490 g/mol. The first-order valence-electron chi connectivity index (χ1n) is 9.19. The summed E-state index contributed by atoms with van der Waals surface area (Å²) in [6, 6.07) is 11.9. The number of benzene rings is 3. The van der Waals surface area contributed by atoms with Gasteiger partial charge < -0.3 is 10.4 Å². The molecular weight excluding hydrogens is 474 g/mol. The Morgan fingerprint density at radius 2 is 1.42 bits per heavy atom. The van der Waals surface area contributed by atoms with Crippen molar-refractivity contribution in [1.82, 2.24) is 0 Å². The maximum absolute atomic E-state index is 12.9. The van der Waals surface area contributed by atoms with Gasteiger partial charge in [0.05, 0.1) is 16.0 Å². The van der Waals surface area contributed by atoms with E-state index in [1.165, 1.54) is 36.4 Å². The molecule has 3 N–H and O–H groups in total. The Kier molecular flexibility index (Phi) is 6.50. The van der Waals surface area contributed by atoms with E-state index in [0.29, 0.717) is 11.8 Å². The van der Waals surface area contributed by atoms with Crippen LogP contribution in [0.25, 0.3) is 0 Å². The number of aromatic hydroxyl groups is 1. The lowest BCUT2D eigenvalue weighted by Gasteiger charge is -2.14. The molecule has 0 aliphatic carbocycles. The van der Waals surface area contributed by atoms with Crippen molar-refractivity contribution in [2.45, 2.75) is 23.8 Å². The molecule has 5 nitrogen and oxygen atoms in total. The van der Waals surface area contributed by atoms with Gasteiger partial charge in [-0.15, -0.1) is 0 Å². The number of hydrogen-bond donors (Lipinski definition) is 3. The second-order valence-electron chi connectivity index (χ2n) is 6.87. The van der Waals surface area contributed by atoms with E-state index in [0.717, 1.165) is 24.3 Å². The Balaban J connectivity index is 1.72. The molecule has 0 aliphatic rings. The Labute approximate surface area is 184 Å². The van der Waals surface area contributed by atoms with Crippen LogP contribution in [0.2, 0.25) is 0 Å². The number of sulfonamides is 1. The molecule has 12 heteroatoms. The van der Waals surface area contributed by atoms with Gasteiger partial charge in [-0.1, -0.05) is 18.2 Å². The summed E-state index contributed by atoms with van der Waals surface area (Å²) in [6.45, 7) is -0.176. The Morgan fingerprint density at radius 3 is 2.03 bits per heavy atom. The molecule has 0 amide bonds. The summed E-state index contributed by atoms with van der Waals surface area (Å²) in [5.41, 5.74) is -2.14. The van der Waals surface area contributed by atoms with E-state index in [1.54, 1.807) is 0 Å². The van der Waals surface area contributed by atoms with Crippen LogP contribution in [0.1, 0.15) is 16.7 Å². The summed E-state index contributed by atoms with van der Waals surface area (Å²) in [7, 11) is -4.20. The van der Waals surface area contributed by atoms with Crippen molar-refractivity contribution in [2.75, 3.05) is 10.0 Å². The summed E-state index contributed by atoms with van der Waals surface area (Å²) < 4.78 is 104. The molecule has 0 spiro atoms. The fourth-order valence-electron chi connectivity index (χ4n) is 2.89. The minimum atomic E-state index is -4.72. The minimum absolute atomic E-state index is 0.0206. The number of hydrogen-bond acceptors (Lipinski definition) is 4. The summed E-state index contributed by atoms with van der Waals surface area (Å²) >= 11 is 0. The van der Waals surface area contributed by atoms with E-state index in [4.69, 9.17) is 0 Å². The molecule has 3 rings (SSSR count). The largest absolute Gasteiger partial charge is 0.507 e. The number of phenols is 1. The van der Waals surface area contributed by atoms with Gasteiger partial charge in [-0.05, 0) is 48.5 Å². The van der Waals surface area contributed by atoms with E-state index in [-0.39, 0.29) is 22.7 Å². The molecule has 0 saturated heterocycles. The summed E-state index contributed by atoms with van der Waals surface area (Å²) in [5, 5.41) is 12.6. The maximum Gasteiger partial charge on any atom is 0.419 e. The second-order valence-corrected chi connectivity index (χ2v) is 8.56. The standard InChI is InChI=1S/C21H16F6N2O3S/c22-20(23,24)14-4-2-5-16(11-14)29-33(31,32)17-9-7-15(8-10-17)28-12-13-3-1-6-18(19(13)30)21(25,26)27/h1-11,28-30H,12H2. The fraction of sp³-hybridized carbons (Fsp3) is 0.143. The van der Waals surface area contributed by atoms with Crippen molar-refractivity contribution < 1.29 is 39.9 Å². The SMILES string of the molecule is O=S(=O)(Nc1cccc(C(F)(F)F)c1)c1ccc(NCc2cccc(C(F)(F)F)c2O)cc1. The normalized spacial score (nSPS) is 12.4. The number of halogens is 6. The van der Waals surface area contributed by atoms with Crippen molar-refractivity contribution in [3.05, 3.63) is 83.4 Å². The zero-order valence-electron chi connectivity index (χ0n) is 16.5. The molecule has 3 aromatic carbocycles. The quantitative estimate of drug-likeness (QED) is 0.379. The molecule has 0 heterocycles. The van der Waals surface area contributed by atoms with E-state index in [9.17, 15) is 39.9 Å². The van der Waals surface area contributed by atoms with Gasteiger partial charge in [0.25, 0.3) is 10.0 Å². The van der Waals surface area contributed by atoms with Gasteiger partial charge >= 0.3 is 12.4 Å². The Hall–Kier alpha value is -3.41. The van der Waals surface area contributed by atoms with Gasteiger partial charge in [0.15, 0.2) is 0 Å². The second kappa shape index (κ2) is 8.85. The molecule has 0 fully saturated rings. The van der Waals surface area contributed by atoms with Crippen molar-refractivity contribution in [1.29, 1.82) is 0 Å². The van der Waals surface area contributed by atoms with Gasteiger partial charge in [-0.2, -0.15) is 26.3 Å². The highest BCUT2D eigenvalue weighted by atomic mass is 32.2. The minimum Gasteiger partial charge on any atom is -0.507 e. The number of rotatable bonds is 6. The molecule has 0 radical (unpaired) electrons. The predicted octanol–water partition coefficient (Wildman–Crippen LogP) is 5.84. The van der Waals surface area contributed by atoms with Gasteiger partial charge in [0.1, 0.15) is 5.75 Å². The maximum atomic E-state index is 12.9. The third kappa shape index (κ3) is 5.89. The van der Waals surface area contributed by atoms with Crippen LogP contribution < -0.4 is 10.0 Å². The van der Waals surface area contributed by atoms with Crippen molar-refractivity contribution in [2.24, 2.45) is 0 Å². The summed E-state index contributed by atoms with van der Waals surface area (Å²) in [5.74, 6) is -0.915.